The smallest absolute Gasteiger partial charge is 0.223 e. The van der Waals surface area contributed by atoms with Gasteiger partial charge in [-0.2, -0.15) is 9.97 Å². The van der Waals surface area contributed by atoms with Crippen LogP contribution in [0.3, 0.4) is 0 Å². The summed E-state index contributed by atoms with van der Waals surface area (Å²) in [5.74, 6) is 2.93. The normalized spacial score (nSPS) is 18.6. The first-order chi connectivity index (χ1) is 8.66. The summed E-state index contributed by atoms with van der Waals surface area (Å²) in [6.07, 6.45) is 9.02. The summed E-state index contributed by atoms with van der Waals surface area (Å²) >= 11 is 0. The fraction of sp³-hybridized carbons (Fsp3) is 0.786. The Morgan fingerprint density at radius 1 is 0.944 bits per heavy atom. The van der Waals surface area contributed by atoms with Crippen LogP contribution in [0.4, 0.5) is 5.95 Å². The monoisotopic (exact) mass is 248 g/mol. The summed E-state index contributed by atoms with van der Waals surface area (Å²) in [4.78, 5) is 13.2. The van der Waals surface area contributed by atoms with Gasteiger partial charge < -0.3 is 5.73 Å². The Morgan fingerprint density at radius 3 is 2.17 bits per heavy atom. The van der Waals surface area contributed by atoms with Gasteiger partial charge in [0, 0.05) is 11.8 Å². The van der Waals surface area contributed by atoms with Crippen LogP contribution in [0.2, 0.25) is 0 Å². The van der Waals surface area contributed by atoms with Crippen LogP contribution >= 0.6 is 0 Å². The van der Waals surface area contributed by atoms with Gasteiger partial charge >= 0.3 is 0 Å². The SMILES string of the molecule is CC(C)c1nc(N)nc(C2CCCCCCC2)n1. The van der Waals surface area contributed by atoms with Crippen molar-refractivity contribution in [1.29, 1.82) is 0 Å². The maximum atomic E-state index is 5.81. The summed E-state index contributed by atoms with van der Waals surface area (Å²) in [7, 11) is 0. The van der Waals surface area contributed by atoms with Crippen molar-refractivity contribution in [2.75, 3.05) is 5.73 Å². The van der Waals surface area contributed by atoms with Crippen LogP contribution in [0.5, 0.6) is 0 Å². The highest BCUT2D eigenvalue weighted by molar-refractivity contribution is 5.18. The van der Waals surface area contributed by atoms with Gasteiger partial charge in [-0.25, -0.2) is 4.98 Å². The number of hydrogen-bond acceptors (Lipinski definition) is 4. The highest BCUT2D eigenvalue weighted by atomic mass is 15.1. The number of anilines is 1. The molecule has 0 saturated heterocycles. The number of nitrogens with zero attached hydrogens (tertiary/aromatic N) is 3. The van der Waals surface area contributed by atoms with E-state index in [2.05, 4.69) is 28.8 Å². The Hall–Kier alpha value is -1.19. The third kappa shape index (κ3) is 3.40. The Kier molecular flexibility index (Phi) is 4.50. The van der Waals surface area contributed by atoms with Gasteiger partial charge in [0.05, 0.1) is 0 Å². The highest BCUT2D eigenvalue weighted by Gasteiger charge is 2.18. The van der Waals surface area contributed by atoms with Gasteiger partial charge in [0.1, 0.15) is 11.6 Å². The molecule has 0 aliphatic heterocycles. The standard InChI is InChI=1S/C14H24N4/c1-10(2)12-16-13(18-14(15)17-12)11-8-6-4-3-5-7-9-11/h10-11H,3-9H2,1-2H3,(H2,15,16,17,18). The van der Waals surface area contributed by atoms with Gasteiger partial charge in [0.2, 0.25) is 5.95 Å². The lowest BCUT2D eigenvalue weighted by molar-refractivity contribution is 0.440. The van der Waals surface area contributed by atoms with Crippen molar-refractivity contribution in [3.8, 4) is 0 Å². The van der Waals surface area contributed by atoms with E-state index in [1.165, 1.54) is 44.9 Å². The minimum atomic E-state index is 0.308. The largest absolute Gasteiger partial charge is 0.368 e. The Labute approximate surface area is 109 Å². The lowest BCUT2D eigenvalue weighted by Gasteiger charge is -2.19. The minimum absolute atomic E-state index is 0.308. The fourth-order valence-electron chi connectivity index (χ4n) is 2.58. The lowest BCUT2D eigenvalue weighted by atomic mass is 9.90. The van der Waals surface area contributed by atoms with Crippen LogP contribution in [-0.4, -0.2) is 15.0 Å². The number of rotatable bonds is 2. The number of aromatic nitrogens is 3. The average molecular weight is 248 g/mol. The molecule has 0 unspecified atom stereocenters. The predicted molar refractivity (Wildman–Crippen MR) is 73.4 cm³/mol. The second-order valence-corrected chi connectivity index (χ2v) is 5.61. The van der Waals surface area contributed by atoms with Gasteiger partial charge in [-0.3, -0.25) is 0 Å². The van der Waals surface area contributed by atoms with Gasteiger partial charge in [-0.05, 0) is 12.8 Å². The molecule has 4 heteroatoms. The van der Waals surface area contributed by atoms with Crippen molar-refractivity contribution >= 4 is 5.95 Å². The van der Waals surface area contributed by atoms with Crippen LogP contribution in [0.25, 0.3) is 0 Å². The minimum Gasteiger partial charge on any atom is -0.368 e. The highest BCUT2D eigenvalue weighted by Crippen LogP contribution is 2.29. The van der Waals surface area contributed by atoms with Crippen LogP contribution in [0, 0.1) is 0 Å². The first kappa shape index (κ1) is 13.2. The molecule has 1 aromatic heterocycles. The van der Waals surface area contributed by atoms with Gasteiger partial charge in [0.15, 0.2) is 0 Å². The van der Waals surface area contributed by atoms with Crippen LogP contribution < -0.4 is 5.73 Å². The van der Waals surface area contributed by atoms with Gasteiger partial charge in [-0.15, -0.1) is 0 Å². The zero-order valence-corrected chi connectivity index (χ0v) is 11.5. The Balaban J connectivity index is 2.19. The van der Waals surface area contributed by atoms with Crippen LogP contribution in [0.1, 0.15) is 82.3 Å². The molecule has 1 saturated carbocycles. The van der Waals surface area contributed by atoms with Gasteiger partial charge in [-0.1, -0.05) is 46.0 Å². The molecule has 18 heavy (non-hydrogen) atoms. The molecule has 2 rings (SSSR count). The molecule has 1 aliphatic rings. The predicted octanol–water partition coefficient (Wildman–Crippen LogP) is 3.41. The van der Waals surface area contributed by atoms with E-state index in [1.807, 2.05) is 0 Å². The van der Waals surface area contributed by atoms with Crippen molar-refractivity contribution in [3.63, 3.8) is 0 Å². The van der Waals surface area contributed by atoms with E-state index in [4.69, 9.17) is 5.73 Å². The summed E-state index contributed by atoms with van der Waals surface area (Å²) in [6, 6.07) is 0. The lowest BCUT2D eigenvalue weighted by Crippen LogP contribution is -2.13. The zero-order valence-electron chi connectivity index (χ0n) is 11.5. The van der Waals surface area contributed by atoms with Crippen molar-refractivity contribution in [2.24, 2.45) is 0 Å². The van der Waals surface area contributed by atoms with Crippen molar-refractivity contribution in [3.05, 3.63) is 11.6 Å². The topological polar surface area (TPSA) is 64.7 Å². The summed E-state index contributed by atoms with van der Waals surface area (Å²) in [6.45, 7) is 4.19. The third-order valence-corrected chi connectivity index (χ3v) is 3.67. The fourth-order valence-corrected chi connectivity index (χ4v) is 2.58. The van der Waals surface area contributed by atoms with E-state index >= 15 is 0 Å². The number of nitrogens with two attached hydrogens (primary N) is 1. The first-order valence-corrected chi connectivity index (χ1v) is 7.18. The maximum absolute atomic E-state index is 5.81. The molecule has 0 bridgehead atoms. The molecular weight excluding hydrogens is 224 g/mol. The molecule has 1 fully saturated rings. The summed E-state index contributed by atoms with van der Waals surface area (Å²) in [5, 5.41) is 0. The molecular formula is C14H24N4. The Morgan fingerprint density at radius 2 is 1.56 bits per heavy atom. The van der Waals surface area contributed by atoms with E-state index in [-0.39, 0.29) is 0 Å². The molecule has 2 N–H and O–H groups in total. The quantitative estimate of drug-likeness (QED) is 0.871. The van der Waals surface area contributed by atoms with Gasteiger partial charge in [0.25, 0.3) is 0 Å². The zero-order chi connectivity index (χ0) is 13.0. The molecule has 1 aromatic rings. The van der Waals surface area contributed by atoms with Crippen LogP contribution in [-0.2, 0) is 0 Å². The van der Waals surface area contributed by atoms with E-state index in [9.17, 15) is 0 Å². The van der Waals surface area contributed by atoms with E-state index in [0.717, 1.165) is 11.6 Å². The molecule has 1 aliphatic carbocycles. The maximum Gasteiger partial charge on any atom is 0.223 e. The van der Waals surface area contributed by atoms with Crippen molar-refractivity contribution in [2.45, 2.75) is 70.6 Å². The molecule has 1 heterocycles. The molecule has 0 spiro atoms. The van der Waals surface area contributed by atoms with Crippen molar-refractivity contribution in [1.82, 2.24) is 15.0 Å². The van der Waals surface area contributed by atoms with E-state index < -0.39 is 0 Å². The molecule has 100 valence electrons. The molecule has 4 nitrogen and oxygen atoms in total. The number of hydrogen-bond donors (Lipinski definition) is 1. The third-order valence-electron chi connectivity index (χ3n) is 3.67. The second kappa shape index (κ2) is 6.12. The van der Waals surface area contributed by atoms with Crippen molar-refractivity contribution < 1.29 is 0 Å². The summed E-state index contributed by atoms with van der Waals surface area (Å²) in [5.41, 5.74) is 5.81. The molecule has 0 aromatic carbocycles. The van der Waals surface area contributed by atoms with Crippen LogP contribution in [0.15, 0.2) is 0 Å². The summed E-state index contributed by atoms with van der Waals surface area (Å²) < 4.78 is 0. The average Bonchev–Trinajstić information content (AvgIpc) is 2.27. The molecule has 0 atom stereocenters. The number of nitrogen functional groups attached to an aromatic ring is 1. The van der Waals surface area contributed by atoms with E-state index in [0.29, 0.717) is 17.8 Å². The van der Waals surface area contributed by atoms with E-state index in [1.54, 1.807) is 0 Å². The Bertz CT molecular complexity index is 381. The second-order valence-electron chi connectivity index (χ2n) is 5.61. The molecule has 0 radical (unpaired) electrons. The first-order valence-electron chi connectivity index (χ1n) is 7.18. The molecule has 0 amide bonds.